The van der Waals surface area contributed by atoms with E-state index in [4.69, 9.17) is 14.6 Å². The number of ether oxygens (including phenoxy) is 2. The van der Waals surface area contributed by atoms with Crippen molar-refractivity contribution in [2.24, 2.45) is 0 Å². The molecule has 0 spiro atoms. The highest BCUT2D eigenvalue weighted by Gasteiger charge is 2.38. The standard InChI is InChI=1S/C7H14O5.C2H6/c1-11-7-4(9)3-12-5(2-8)6(7)10;1-2/h4-10H,2-3H2,1H3;1-2H3. The third-order valence-corrected chi connectivity index (χ3v) is 2.03. The SMILES string of the molecule is CC.COC1C(O)COC(CO)C1O. The lowest BCUT2D eigenvalue weighted by molar-refractivity contribution is -0.203. The Morgan fingerprint density at radius 2 is 1.93 bits per heavy atom. The van der Waals surface area contributed by atoms with E-state index in [2.05, 4.69) is 0 Å². The fourth-order valence-corrected chi connectivity index (χ4v) is 1.31. The highest BCUT2D eigenvalue weighted by Crippen LogP contribution is 2.17. The van der Waals surface area contributed by atoms with Gasteiger partial charge < -0.3 is 24.8 Å². The Labute approximate surface area is 84.3 Å². The maximum atomic E-state index is 9.43. The number of hydrogen-bond donors (Lipinski definition) is 3. The zero-order valence-corrected chi connectivity index (χ0v) is 8.88. The molecule has 3 N–H and O–H groups in total. The second-order valence-electron chi connectivity index (χ2n) is 2.81. The van der Waals surface area contributed by atoms with Crippen LogP contribution in [0.25, 0.3) is 0 Å². The summed E-state index contributed by atoms with van der Waals surface area (Å²) in [5, 5.41) is 27.4. The summed E-state index contributed by atoms with van der Waals surface area (Å²) in [7, 11) is 1.40. The van der Waals surface area contributed by atoms with Crippen molar-refractivity contribution in [3.63, 3.8) is 0 Å². The first-order valence-corrected chi connectivity index (χ1v) is 4.82. The fourth-order valence-electron chi connectivity index (χ4n) is 1.31. The molecule has 0 amide bonds. The van der Waals surface area contributed by atoms with Gasteiger partial charge in [0.2, 0.25) is 0 Å². The molecule has 1 aliphatic heterocycles. The first-order valence-electron chi connectivity index (χ1n) is 4.82. The van der Waals surface area contributed by atoms with Gasteiger partial charge in [0.05, 0.1) is 13.2 Å². The summed E-state index contributed by atoms with van der Waals surface area (Å²) in [5.74, 6) is 0. The minimum atomic E-state index is -0.969. The molecule has 0 aromatic heterocycles. The van der Waals surface area contributed by atoms with E-state index in [1.165, 1.54) is 7.11 Å². The molecule has 4 unspecified atom stereocenters. The lowest BCUT2D eigenvalue weighted by Gasteiger charge is -2.36. The van der Waals surface area contributed by atoms with E-state index in [0.717, 1.165) is 0 Å². The Hall–Kier alpha value is -0.200. The highest BCUT2D eigenvalue weighted by atomic mass is 16.6. The molecule has 0 bridgehead atoms. The molecule has 0 aromatic carbocycles. The van der Waals surface area contributed by atoms with Crippen molar-refractivity contribution >= 4 is 0 Å². The quantitative estimate of drug-likeness (QED) is 0.550. The van der Waals surface area contributed by atoms with Gasteiger partial charge in [0, 0.05) is 7.11 Å². The maximum Gasteiger partial charge on any atom is 0.114 e. The van der Waals surface area contributed by atoms with Crippen LogP contribution in [-0.4, -0.2) is 60.1 Å². The van der Waals surface area contributed by atoms with Gasteiger partial charge in [-0.1, -0.05) is 13.8 Å². The molecule has 14 heavy (non-hydrogen) atoms. The van der Waals surface area contributed by atoms with E-state index in [1.54, 1.807) is 0 Å². The molecule has 4 atom stereocenters. The molecule has 1 fully saturated rings. The molecule has 86 valence electrons. The van der Waals surface area contributed by atoms with Crippen LogP contribution in [0.3, 0.4) is 0 Å². The molecule has 0 radical (unpaired) electrons. The molecule has 1 heterocycles. The maximum absolute atomic E-state index is 9.43. The number of aliphatic hydroxyl groups excluding tert-OH is 3. The average molecular weight is 208 g/mol. The summed E-state index contributed by atoms with van der Waals surface area (Å²) in [6, 6.07) is 0. The first-order chi connectivity index (χ1) is 6.70. The first kappa shape index (κ1) is 13.8. The lowest BCUT2D eigenvalue weighted by atomic mass is 10.0. The van der Waals surface area contributed by atoms with Gasteiger partial charge in [-0.3, -0.25) is 0 Å². The Kier molecular flexibility index (Phi) is 7.04. The topological polar surface area (TPSA) is 79.2 Å². The summed E-state index contributed by atoms with van der Waals surface area (Å²) in [5.41, 5.74) is 0. The van der Waals surface area contributed by atoms with Crippen LogP contribution in [0.15, 0.2) is 0 Å². The number of hydrogen-bond acceptors (Lipinski definition) is 5. The van der Waals surface area contributed by atoms with Gasteiger partial charge >= 0.3 is 0 Å². The highest BCUT2D eigenvalue weighted by molar-refractivity contribution is 4.87. The second-order valence-corrected chi connectivity index (χ2v) is 2.81. The zero-order chi connectivity index (χ0) is 11.1. The van der Waals surface area contributed by atoms with Gasteiger partial charge in [0.15, 0.2) is 0 Å². The van der Waals surface area contributed by atoms with Crippen LogP contribution in [0.1, 0.15) is 13.8 Å². The van der Waals surface area contributed by atoms with Gasteiger partial charge in [-0.25, -0.2) is 0 Å². The smallest absolute Gasteiger partial charge is 0.114 e. The van der Waals surface area contributed by atoms with Crippen molar-refractivity contribution in [3.05, 3.63) is 0 Å². The molecule has 1 rings (SSSR count). The van der Waals surface area contributed by atoms with E-state index < -0.39 is 24.4 Å². The summed E-state index contributed by atoms with van der Waals surface area (Å²) < 4.78 is 9.81. The molecule has 0 saturated carbocycles. The number of rotatable bonds is 2. The predicted molar refractivity (Wildman–Crippen MR) is 51.0 cm³/mol. The molecule has 0 aromatic rings. The van der Waals surface area contributed by atoms with E-state index in [-0.39, 0.29) is 13.2 Å². The molecule has 5 nitrogen and oxygen atoms in total. The van der Waals surface area contributed by atoms with Crippen molar-refractivity contribution in [2.75, 3.05) is 20.3 Å². The van der Waals surface area contributed by atoms with Crippen molar-refractivity contribution in [1.29, 1.82) is 0 Å². The normalized spacial score (nSPS) is 37.3. The van der Waals surface area contributed by atoms with Gasteiger partial charge in [-0.05, 0) is 0 Å². The molecular weight excluding hydrogens is 188 g/mol. The molecule has 0 aliphatic carbocycles. The minimum absolute atomic E-state index is 0.0841. The summed E-state index contributed by atoms with van der Waals surface area (Å²) in [4.78, 5) is 0. The van der Waals surface area contributed by atoms with Crippen molar-refractivity contribution in [2.45, 2.75) is 38.3 Å². The summed E-state index contributed by atoms with van der Waals surface area (Å²) in [6.45, 7) is 3.81. The third-order valence-electron chi connectivity index (χ3n) is 2.03. The molecular formula is C9H20O5. The summed E-state index contributed by atoms with van der Waals surface area (Å²) in [6.07, 6.45) is -3.12. The van der Waals surface area contributed by atoms with Crippen LogP contribution in [0, 0.1) is 0 Å². The van der Waals surface area contributed by atoms with E-state index >= 15 is 0 Å². The zero-order valence-electron chi connectivity index (χ0n) is 8.88. The Bertz CT molecular complexity index is 141. The van der Waals surface area contributed by atoms with Crippen LogP contribution in [0.4, 0.5) is 0 Å². The van der Waals surface area contributed by atoms with Gasteiger partial charge in [0.25, 0.3) is 0 Å². The Balaban J connectivity index is 0.000000791. The van der Waals surface area contributed by atoms with E-state index in [1.807, 2.05) is 13.8 Å². The van der Waals surface area contributed by atoms with Crippen LogP contribution < -0.4 is 0 Å². The van der Waals surface area contributed by atoms with Gasteiger partial charge in [-0.2, -0.15) is 0 Å². The Morgan fingerprint density at radius 3 is 2.36 bits per heavy atom. The molecule has 1 aliphatic rings. The van der Waals surface area contributed by atoms with Crippen LogP contribution in [0.5, 0.6) is 0 Å². The van der Waals surface area contributed by atoms with Gasteiger partial charge in [-0.15, -0.1) is 0 Å². The molecule has 5 heteroatoms. The van der Waals surface area contributed by atoms with Crippen LogP contribution in [-0.2, 0) is 9.47 Å². The number of aliphatic hydroxyl groups is 3. The lowest BCUT2D eigenvalue weighted by Crippen LogP contribution is -2.54. The predicted octanol–water partition coefficient (Wildman–Crippen LogP) is -0.860. The van der Waals surface area contributed by atoms with Gasteiger partial charge in [0.1, 0.15) is 24.4 Å². The monoisotopic (exact) mass is 208 g/mol. The largest absolute Gasteiger partial charge is 0.394 e. The van der Waals surface area contributed by atoms with Crippen LogP contribution in [0.2, 0.25) is 0 Å². The fraction of sp³-hybridized carbons (Fsp3) is 1.00. The number of methoxy groups -OCH3 is 1. The summed E-state index contributed by atoms with van der Waals surface area (Å²) >= 11 is 0. The van der Waals surface area contributed by atoms with Crippen molar-refractivity contribution in [1.82, 2.24) is 0 Å². The third kappa shape index (κ3) is 3.18. The van der Waals surface area contributed by atoms with E-state index in [9.17, 15) is 10.2 Å². The second kappa shape index (κ2) is 7.14. The minimum Gasteiger partial charge on any atom is -0.394 e. The molecule has 1 saturated heterocycles. The van der Waals surface area contributed by atoms with Crippen LogP contribution >= 0.6 is 0 Å². The average Bonchev–Trinajstić information content (AvgIpc) is 2.22. The van der Waals surface area contributed by atoms with Crippen molar-refractivity contribution in [3.8, 4) is 0 Å². The van der Waals surface area contributed by atoms with E-state index in [0.29, 0.717) is 0 Å². The Morgan fingerprint density at radius 1 is 1.36 bits per heavy atom. The van der Waals surface area contributed by atoms with Crippen molar-refractivity contribution < 1.29 is 24.8 Å².